The molecular weight excluding hydrogens is 326 g/mol. The monoisotopic (exact) mass is 353 g/mol. The number of carbonyl (C=O) groups excluding carboxylic acids is 1. The van der Waals surface area contributed by atoms with Crippen molar-refractivity contribution in [1.29, 1.82) is 0 Å². The number of nitrogens with one attached hydrogen (secondary N) is 1. The molecule has 2 heterocycles. The Hall–Kier alpha value is -2.24. The van der Waals surface area contributed by atoms with E-state index in [4.69, 9.17) is 10.5 Å². The zero-order valence-corrected chi connectivity index (χ0v) is 15.7. The van der Waals surface area contributed by atoms with Gasteiger partial charge < -0.3 is 15.8 Å². The molecule has 5 nitrogen and oxygen atoms in total. The van der Waals surface area contributed by atoms with Crippen molar-refractivity contribution < 1.29 is 9.53 Å². The van der Waals surface area contributed by atoms with E-state index in [9.17, 15) is 4.79 Å². The van der Waals surface area contributed by atoms with E-state index < -0.39 is 0 Å². The molecule has 0 spiro atoms. The fourth-order valence-corrected chi connectivity index (χ4v) is 3.03. The molecule has 0 bridgehead atoms. The fourth-order valence-electron chi connectivity index (χ4n) is 3.03. The summed E-state index contributed by atoms with van der Waals surface area (Å²) in [5.41, 5.74) is 10.2. The number of nitrogens with zero attached hydrogens (tertiary/aromatic N) is 1. The van der Waals surface area contributed by atoms with Crippen molar-refractivity contribution in [2.24, 2.45) is 11.7 Å². The number of Topliss-reactive ketones (excluding diaryl/α,β-unsaturated/α-hetero) is 1. The number of rotatable bonds is 7. The highest BCUT2D eigenvalue weighted by atomic mass is 16.5. The molecule has 0 amide bonds. The molecule has 0 unspecified atom stereocenters. The first-order chi connectivity index (χ1) is 12.5. The average Bonchev–Trinajstić information content (AvgIpc) is 2.64. The predicted molar refractivity (Wildman–Crippen MR) is 104 cm³/mol. The van der Waals surface area contributed by atoms with E-state index in [-0.39, 0.29) is 17.2 Å². The first-order valence-corrected chi connectivity index (χ1v) is 9.17. The molecule has 5 heteroatoms. The summed E-state index contributed by atoms with van der Waals surface area (Å²) < 4.78 is 5.35. The molecule has 26 heavy (non-hydrogen) atoms. The van der Waals surface area contributed by atoms with Gasteiger partial charge in [0, 0.05) is 24.2 Å². The first kappa shape index (κ1) is 18.5. The Labute approximate surface area is 155 Å². The first-order valence-electron chi connectivity index (χ1n) is 9.17. The highest BCUT2D eigenvalue weighted by molar-refractivity contribution is 6.01. The third kappa shape index (κ3) is 3.64. The Kier molecular flexibility index (Phi) is 5.39. The van der Waals surface area contributed by atoms with E-state index in [2.05, 4.69) is 41.5 Å². The van der Waals surface area contributed by atoms with Crippen LogP contribution in [0.1, 0.15) is 36.8 Å². The van der Waals surface area contributed by atoms with Crippen molar-refractivity contribution in [2.45, 2.75) is 32.7 Å². The Bertz CT molecular complexity index is 792. The van der Waals surface area contributed by atoms with E-state index in [0.717, 1.165) is 23.2 Å². The molecule has 138 valence electrons. The van der Waals surface area contributed by atoms with E-state index in [1.54, 1.807) is 6.20 Å². The number of ether oxygens (including phenoxy) is 1. The van der Waals surface area contributed by atoms with Gasteiger partial charge in [-0.05, 0) is 23.6 Å². The summed E-state index contributed by atoms with van der Waals surface area (Å²) >= 11 is 0. The molecule has 2 aromatic rings. The molecule has 0 radical (unpaired) electrons. The number of ketones is 1. The van der Waals surface area contributed by atoms with Gasteiger partial charge in [-0.15, -0.1) is 0 Å². The molecular formula is C21H27N3O2. The van der Waals surface area contributed by atoms with Crippen LogP contribution in [0.4, 0.5) is 5.69 Å². The van der Waals surface area contributed by atoms with Gasteiger partial charge in [0.15, 0.2) is 5.78 Å². The maximum absolute atomic E-state index is 12.6. The fraction of sp³-hybridized carbons (Fsp3) is 0.429. The predicted octanol–water partition coefficient (Wildman–Crippen LogP) is 3.29. The molecule has 3 rings (SSSR count). The number of nitrogens with two attached hydrogens (primary N) is 1. The Morgan fingerprint density at radius 3 is 2.65 bits per heavy atom. The van der Waals surface area contributed by atoms with Gasteiger partial charge in [-0.3, -0.25) is 9.78 Å². The lowest BCUT2D eigenvalue weighted by atomic mass is 9.95. The number of aryl methyl sites for hydroxylation is 1. The third-order valence-corrected chi connectivity index (χ3v) is 4.86. The van der Waals surface area contributed by atoms with Crippen LogP contribution in [-0.4, -0.2) is 36.1 Å². The minimum absolute atomic E-state index is 0.0220. The summed E-state index contributed by atoms with van der Waals surface area (Å²) in [5, 5.41) is 3.45. The number of carbonyl (C=O) groups is 1. The second-order valence-corrected chi connectivity index (χ2v) is 7.30. The van der Waals surface area contributed by atoms with Gasteiger partial charge in [0.1, 0.15) is 5.69 Å². The molecule has 1 aliphatic rings. The van der Waals surface area contributed by atoms with Gasteiger partial charge in [-0.2, -0.15) is 0 Å². The molecule has 0 saturated carbocycles. The van der Waals surface area contributed by atoms with Crippen LogP contribution in [0, 0.1) is 5.92 Å². The molecule has 0 aliphatic carbocycles. The molecule has 1 aromatic carbocycles. The van der Waals surface area contributed by atoms with Gasteiger partial charge in [0.25, 0.3) is 0 Å². The Balaban J connectivity index is 2.03. The van der Waals surface area contributed by atoms with E-state index in [0.29, 0.717) is 25.5 Å². The van der Waals surface area contributed by atoms with Gasteiger partial charge in [-0.1, -0.05) is 45.0 Å². The van der Waals surface area contributed by atoms with E-state index >= 15 is 0 Å². The van der Waals surface area contributed by atoms with Crippen LogP contribution >= 0.6 is 0 Å². The van der Waals surface area contributed by atoms with Crippen molar-refractivity contribution in [1.82, 2.24) is 4.98 Å². The van der Waals surface area contributed by atoms with Crippen LogP contribution in [-0.2, 0) is 11.2 Å². The van der Waals surface area contributed by atoms with Crippen LogP contribution in [0.15, 0.2) is 36.5 Å². The van der Waals surface area contributed by atoms with Crippen LogP contribution in [0.2, 0.25) is 0 Å². The molecule has 3 N–H and O–H groups in total. The maximum Gasteiger partial charge on any atom is 0.185 e. The molecule has 1 aliphatic heterocycles. The lowest BCUT2D eigenvalue weighted by molar-refractivity contribution is -0.0366. The van der Waals surface area contributed by atoms with Crippen LogP contribution < -0.4 is 11.1 Å². The molecule has 1 aromatic heterocycles. The molecule has 1 fully saturated rings. The normalized spacial score (nSPS) is 15.6. The van der Waals surface area contributed by atoms with Crippen LogP contribution in [0.25, 0.3) is 11.1 Å². The lowest BCUT2D eigenvalue weighted by Crippen LogP contribution is -2.60. The number of hydrogen-bond donors (Lipinski definition) is 2. The number of hydrogen-bond acceptors (Lipinski definition) is 5. The SMILES string of the molecule is CCc1cccc(-c2cnc(C(=O)C(C)C)c(NC3(CN)COC3)c2)c1. The maximum atomic E-state index is 12.6. The number of anilines is 1. The largest absolute Gasteiger partial charge is 0.376 e. The zero-order valence-electron chi connectivity index (χ0n) is 15.7. The second kappa shape index (κ2) is 7.56. The molecule has 1 saturated heterocycles. The quantitative estimate of drug-likeness (QED) is 0.747. The standard InChI is InChI=1S/C21H27N3O2/c1-4-15-6-5-7-16(8-15)17-9-18(24-21(11-22)12-26-13-21)19(23-10-17)20(25)14(2)3/h5-10,14,24H,4,11-13,22H2,1-3H3. The lowest BCUT2D eigenvalue weighted by Gasteiger charge is -2.42. The van der Waals surface area contributed by atoms with Crippen molar-refractivity contribution >= 4 is 11.5 Å². The second-order valence-electron chi connectivity index (χ2n) is 7.30. The summed E-state index contributed by atoms with van der Waals surface area (Å²) in [6.45, 7) is 7.42. The van der Waals surface area contributed by atoms with Crippen molar-refractivity contribution in [2.75, 3.05) is 25.1 Å². The summed E-state index contributed by atoms with van der Waals surface area (Å²) in [6.07, 6.45) is 2.76. The topological polar surface area (TPSA) is 77.2 Å². The highest BCUT2D eigenvalue weighted by Crippen LogP contribution is 2.30. The Morgan fingerprint density at radius 2 is 2.08 bits per heavy atom. The number of pyridine rings is 1. The van der Waals surface area contributed by atoms with Gasteiger partial charge in [0.05, 0.1) is 24.4 Å². The van der Waals surface area contributed by atoms with Crippen molar-refractivity contribution in [3.05, 3.63) is 47.8 Å². The Morgan fingerprint density at radius 1 is 1.31 bits per heavy atom. The van der Waals surface area contributed by atoms with E-state index in [1.165, 1.54) is 5.56 Å². The summed E-state index contributed by atoms with van der Waals surface area (Å²) in [7, 11) is 0. The summed E-state index contributed by atoms with van der Waals surface area (Å²) in [4.78, 5) is 17.1. The number of benzene rings is 1. The third-order valence-electron chi connectivity index (χ3n) is 4.86. The summed E-state index contributed by atoms with van der Waals surface area (Å²) in [5.74, 6) is -0.0995. The van der Waals surface area contributed by atoms with Gasteiger partial charge in [-0.25, -0.2) is 0 Å². The molecule has 0 atom stereocenters. The number of aromatic nitrogens is 1. The highest BCUT2D eigenvalue weighted by Gasteiger charge is 2.38. The van der Waals surface area contributed by atoms with Gasteiger partial charge in [0.2, 0.25) is 0 Å². The van der Waals surface area contributed by atoms with Crippen molar-refractivity contribution in [3.8, 4) is 11.1 Å². The van der Waals surface area contributed by atoms with Crippen LogP contribution in [0.3, 0.4) is 0 Å². The minimum atomic E-state index is -0.322. The smallest absolute Gasteiger partial charge is 0.185 e. The van der Waals surface area contributed by atoms with Gasteiger partial charge >= 0.3 is 0 Å². The zero-order chi connectivity index (χ0) is 18.7. The van der Waals surface area contributed by atoms with E-state index in [1.807, 2.05) is 19.9 Å². The summed E-state index contributed by atoms with van der Waals surface area (Å²) in [6, 6.07) is 10.4. The average molecular weight is 353 g/mol. The van der Waals surface area contributed by atoms with Crippen LogP contribution in [0.5, 0.6) is 0 Å². The van der Waals surface area contributed by atoms with Crippen molar-refractivity contribution in [3.63, 3.8) is 0 Å². The minimum Gasteiger partial charge on any atom is -0.376 e.